The normalized spacial score (nSPS) is 11.4. The highest BCUT2D eigenvalue weighted by Gasteiger charge is 2.14. The number of hydrogen-bond acceptors (Lipinski definition) is 2. The number of nitrogen functional groups attached to an aromatic ring is 1. The molecule has 0 fully saturated rings. The quantitative estimate of drug-likeness (QED) is 0.881. The number of carbonyl (C=O) groups is 1. The Bertz CT molecular complexity index is 618. The smallest absolute Gasteiger partial charge is 0.272 e. The van der Waals surface area contributed by atoms with Gasteiger partial charge in [-0.1, -0.05) is 32.9 Å². The van der Waals surface area contributed by atoms with Crippen LogP contribution in [0.1, 0.15) is 36.8 Å². The minimum atomic E-state index is -0.160. The van der Waals surface area contributed by atoms with Gasteiger partial charge in [-0.2, -0.15) is 0 Å². The Labute approximate surface area is 119 Å². The van der Waals surface area contributed by atoms with Crippen molar-refractivity contribution in [2.45, 2.75) is 26.2 Å². The summed E-state index contributed by atoms with van der Waals surface area (Å²) in [6, 6.07) is 9.58. The molecule has 1 amide bonds. The Morgan fingerprint density at radius 2 is 1.80 bits per heavy atom. The zero-order chi connectivity index (χ0) is 14.9. The van der Waals surface area contributed by atoms with Gasteiger partial charge in [-0.05, 0) is 29.2 Å². The zero-order valence-corrected chi connectivity index (χ0v) is 12.4. The van der Waals surface area contributed by atoms with Crippen molar-refractivity contribution in [2.24, 2.45) is 7.05 Å². The first-order chi connectivity index (χ1) is 9.27. The van der Waals surface area contributed by atoms with E-state index < -0.39 is 0 Å². The third-order valence-corrected chi connectivity index (χ3v) is 3.27. The van der Waals surface area contributed by atoms with Gasteiger partial charge in [0.15, 0.2) is 0 Å². The number of aromatic nitrogens is 1. The van der Waals surface area contributed by atoms with Crippen LogP contribution in [0.5, 0.6) is 0 Å². The fraction of sp³-hybridized carbons (Fsp3) is 0.312. The molecule has 1 aromatic heterocycles. The highest BCUT2D eigenvalue weighted by molar-refractivity contribution is 6.03. The minimum Gasteiger partial charge on any atom is -0.397 e. The number of nitrogens with two attached hydrogens (primary N) is 1. The second-order valence-corrected chi connectivity index (χ2v) is 6.05. The van der Waals surface area contributed by atoms with E-state index in [-0.39, 0.29) is 11.3 Å². The molecule has 0 spiro atoms. The molecule has 2 rings (SSSR count). The number of carbonyl (C=O) groups excluding carboxylic acids is 1. The van der Waals surface area contributed by atoms with Gasteiger partial charge in [-0.15, -0.1) is 0 Å². The third kappa shape index (κ3) is 3.02. The van der Waals surface area contributed by atoms with Crippen molar-refractivity contribution in [1.29, 1.82) is 0 Å². The van der Waals surface area contributed by atoms with Crippen LogP contribution in [-0.2, 0) is 12.5 Å². The third-order valence-electron chi connectivity index (χ3n) is 3.27. The van der Waals surface area contributed by atoms with Crippen molar-refractivity contribution in [2.75, 3.05) is 11.1 Å². The van der Waals surface area contributed by atoms with Crippen LogP contribution in [0.15, 0.2) is 36.5 Å². The molecule has 0 saturated carbocycles. The van der Waals surface area contributed by atoms with Gasteiger partial charge in [0.25, 0.3) is 5.91 Å². The van der Waals surface area contributed by atoms with E-state index in [0.29, 0.717) is 11.4 Å². The summed E-state index contributed by atoms with van der Waals surface area (Å²) in [5.74, 6) is -0.160. The molecular weight excluding hydrogens is 250 g/mol. The summed E-state index contributed by atoms with van der Waals surface area (Å²) in [4.78, 5) is 12.1. The Kier molecular flexibility index (Phi) is 3.57. The van der Waals surface area contributed by atoms with Crippen molar-refractivity contribution in [3.63, 3.8) is 0 Å². The number of benzene rings is 1. The summed E-state index contributed by atoms with van der Waals surface area (Å²) < 4.78 is 1.72. The molecule has 106 valence electrons. The number of anilines is 2. The van der Waals surface area contributed by atoms with Crippen LogP contribution < -0.4 is 11.1 Å². The molecule has 0 aliphatic heterocycles. The largest absolute Gasteiger partial charge is 0.397 e. The summed E-state index contributed by atoms with van der Waals surface area (Å²) in [6.45, 7) is 6.48. The van der Waals surface area contributed by atoms with Crippen LogP contribution >= 0.6 is 0 Å². The fourth-order valence-electron chi connectivity index (χ4n) is 2.06. The molecule has 0 unspecified atom stereocenters. The van der Waals surface area contributed by atoms with E-state index in [1.54, 1.807) is 23.9 Å². The van der Waals surface area contributed by atoms with Gasteiger partial charge in [0.05, 0.1) is 5.69 Å². The molecule has 0 aliphatic rings. The first-order valence-electron chi connectivity index (χ1n) is 6.61. The van der Waals surface area contributed by atoms with Crippen molar-refractivity contribution in [3.8, 4) is 0 Å². The number of nitrogens with one attached hydrogen (secondary N) is 1. The van der Waals surface area contributed by atoms with Gasteiger partial charge in [0.1, 0.15) is 5.69 Å². The monoisotopic (exact) mass is 271 g/mol. The number of hydrogen-bond donors (Lipinski definition) is 2. The topological polar surface area (TPSA) is 60.0 Å². The number of aryl methyl sites for hydroxylation is 1. The van der Waals surface area contributed by atoms with Gasteiger partial charge in [-0.3, -0.25) is 4.79 Å². The Balaban J connectivity index is 2.14. The first kappa shape index (κ1) is 14.2. The van der Waals surface area contributed by atoms with Gasteiger partial charge in [0, 0.05) is 18.9 Å². The zero-order valence-electron chi connectivity index (χ0n) is 12.4. The molecule has 0 atom stereocenters. The summed E-state index contributed by atoms with van der Waals surface area (Å²) in [5, 5.41) is 2.88. The predicted molar refractivity (Wildman–Crippen MR) is 82.9 cm³/mol. The van der Waals surface area contributed by atoms with E-state index in [0.717, 1.165) is 5.69 Å². The highest BCUT2D eigenvalue weighted by atomic mass is 16.1. The molecule has 0 saturated heterocycles. The Morgan fingerprint density at radius 3 is 2.25 bits per heavy atom. The van der Waals surface area contributed by atoms with E-state index >= 15 is 0 Å². The maximum Gasteiger partial charge on any atom is 0.272 e. The first-order valence-corrected chi connectivity index (χ1v) is 6.61. The molecular formula is C16H21N3O. The maximum atomic E-state index is 12.1. The van der Waals surface area contributed by atoms with Crippen LogP contribution in [0.25, 0.3) is 0 Å². The molecule has 0 radical (unpaired) electrons. The molecule has 4 heteroatoms. The van der Waals surface area contributed by atoms with Crippen molar-refractivity contribution < 1.29 is 4.79 Å². The van der Waals surface area contributed by atoms with Crippen LogP contribution in [0, 0.1) is 0 Å². The molecule has 2 aromatic rings. The van der Waals surface area contributed by atoms with E-state index in [1.165, 1.54) is 5.56 Å². The molecule has 1 aromatic carbocycles. The minimum absolute atomic E-state index is 0.106. The average Bonchev–Trinajstić information content (AvgIpc) is 2.68. The van der Waals surface area contributed by atoms with Crippen LogP contribution in [0.3, 0.4) is 0 Å². The summed E-state index contributed by atoms with van der Waals surface area (Å²) in [5.41, 5.74) is 8.93. The second kappa shape index (κ2) is 5.04. The van der Waals surface area contributed by atoms with Crippen molar-refractivity contribution in [3.05, 3.63) is 47.8 Å². The van der Waals surface area contributed by atoms with E-state index in [4.69, 9.17) is 5.73 Å². The average molecular weight is 271 g/mol. The van der Waals surface area contributed by atoms with E-state index in [1.807, 2.05) is 24.3 Å². The fourth-order valence-corrected chi connectivity index (χ4v) is 2.06. The predicted octanol–water partition coefficient (Wildman–Crippen LogP) is 3.16. The molecule has 3 N–H and O–H groups in total. The van der Waals surface area contributed by atoms with Gasteiger partial charge in [-0.25, -0.2) is 0 Å². The molecule has 4 nitrogen and oxygen atoms in total. The second-order valence-electron chi connectivity index (χ2n) is 6.05. The van der Waals surface area contributed by atoms with E-state index in [9.17, 15) is 4.79 Å². The lowest BCUT2D eigenvalue weighted by Crippen LogP contribution is -2.16. The number of rotatable bonds is 2. The summed E-state index contributed by atoms with van der Waals surface area (Å²) in [6.07, 6.45) is 1.72. The highest BCUT2D eigenvalue weighted by Crippen LogP contribution is 2.23. The summed E-state index contributed by atoms with van der Waals surface area (Å²) in [7, 11) is 1.80. The lowest BCUT2D eigenvalue weighted by molar-refractivity contribution is 0.101. The van der Waals surface area contributed by atoms with Crippen LogP contribution in [0.2, 0.25) is 0 Å². The standard InChI is InChI=1S/C16H21N3O/c1-16(2,3)11-5-7-13(8-6-11)18-15(20)14-9-12(17)10-19(14)4/h5-10H,17H2,1-4H3,(H,18,20). The molecule has 20 heavy (non-hydrogen) atoms. The molecule has 0 aliphatic carbocycles. The van der Waals surface area contributed by atoms with Gasteiger partial charge in [0.2, 0.25) is 0 Å². The van der Waals surface area contributed by atoms with Gasteiger partial charge < -0.3 is 15.6 Å². The number of amides is 1. The van der Waals surface area contributed by atoms with Gasteiger partial charge >= 0.3 is 0 Å². The van der Waals surface area contributed by atoms with Crippen molar-refractivity contribution >= 4 is 17.3 Å². The Hall–Kier alpha value is -2.23. The molecule has 1 heterocycles. The summed E-state index contributed by atoms with van der Waals surface area (Å²) >= 11 is 0. The Morgan fingerprint density at radius 1 is 1.20 bits per heavy atom. The van der Waals surface area contributed by atoms with Crippen LogP contribution in [-0.4, -0.2) is 10.5 Å². The lowest BCUT2D eigenvalue weighted by atomic mass is 9.87. The van der Waals surface area contributed by atoms with E-state index in [2.05, 4.69) is 26.1 Å². The molecule has 0 bridgehead atoms. The SMILES string of the molecule is Cn1cc(N)cc1C(=O)Nc1ccc(C(C)(C)C)cc1. The maximum absolute atomic E-state index is 12.1. The lowest BCUT2D eigenvalue weighted by Gasteiger charge is -2.19. The van der Waals surface area contributed by atoms with Crippen LogP contribution in [0.4, 0.5) is 11.4 Å². The van der Waals surface area contributed by atoms with Crippen molar-refractivity contribution in [1.82, 2.24) is 4.57 Å². The number of nitrogens with zero attached hydrogens (tertiary/aromatic N) is 1.